The van der Waals surface area contributed by atoms with Gasteiger partial charge in [-0.3, -0.25) is 4.79 Å². The largest absolute Gasteiger partial charge is 0.456 e. The number of alkyl carbamates (subject to hydrolysis) is 1. The number of ether oxygens (including phenoxy) is 4. The van der Waals surface area contributed by atoms with Gasteiger partial charge in [0.25, 0.3) is 0 Å². The lowest BCUT2D eigenvalue weighted by Gasteiger charge is -2.68. The summed E-state index contributed by atoms with van der Waals surface area (Å²) in [4.78, 5) is 55.7. The fraction of sp³-hybridized carbons (Fsp3) is 0.571. The minimum atomic E-state index is -2.15. The maximum absolute atomic E-state index is 14.8. The lowest BCUT2D eigenvalue weighted by Crippen LogP contribution is -2.77. The summed E-state index contributed by atoms with van der Waals surface area (Å²) in [7, 11) is 0. The van der Waals surface area contributed by atoms with Crippen LogP contribution in [0.4, 0.5) is 4.79 Å². The van der Waals surface area contributed by atoms with Crippen LogP contribution in [0.2, 0.25) is 0 Å². The highest BCUT2D eigenvalue weighted by Gasteiger charge is 2.75. The topological polar surface area (TPSA) is 198 Å². The second-order valence-corrected chi connectivity index (χ2v) is 17.5. The Morgan fingerprint density at radius 2 is 1.55 bits per heavy atom. The molecule has 1 saturated heterocycles. The van der Waals surface area contributed by atoms with Gasteiger partial charge >= 0.3 is 18.0 Å². The first-order chi connectivity index (χ1) is 25.6. The molecule has 2 aromatic carbocycles. The van der Waals surface area contributed by atoms with Gasteiger partial charge in [-0.05, 0) is 63.5 Å². The van der Waals surface area contributed by atoms with Crippen molar-refractivity contribution < 1.29 is 58.6 Å². The normalized spacial score (nSPS) is 35.0. The number of nitrogens with one attached hydrogen (secondary N) is 1. The molecule has 13 heteroatoms. The maximum atomic E-state index is 14.8. The molecule has 2 aromatic rings. The van der Waals surface area contributed by atoms with E-state index in [2.05, 4.69) is 5.32 Å². The van der Waals surface area contributed by atoms with E-state index in [1.165, 1.54) is 0 Å². The van der Waals surface area contributed by atoms with Crippen molar-refractivity contribution in [3.05, 3.63) is 82.9 Å². The van der Waals surface area contributed by atoms with E-state index in [9.17, 15) is 39.6 Å². The molecular formula is C42H53NO12. The number of hydrogen-bond donors (Lipinski definition) is 5. The van der Waals surface area contributed by atoms with E-state index in [4.69, 9.17) is 18.9 Å². The molecule has 5 N–H and O–H groups in total. The number of hydrogen-bond acceptors (Lipinski definition) is 12. The summed E-state index contributed by atoms with van der Waals surface area (Å²) in [6.45, 7) is 13.4. The van der Waals surface area contributed by atoms with Crippen LogP contribution in [0.15, 0.2) is 71.8 Å². The summed E-state index contributed by atoms with van der Waals surface area (Å²) in [5.41, 5.74) is -6.31. The molecule has 3 aliphatic carbocycles. The van der Waals surface area contributed by atoms with Crippen LogP contribution in [0.25, 0.3) is 0 Å². The summed E-state index contributed by atoms with van der Waals surface area (Å²) < 4.78 is 23.7. The zero-order chi connectivity index (χ0) is 40.5. The quantitative estimate of drug-likeness (QED) is 0.155. The Morgan fingerprint density at radius 3 is 2.11 bits per heavy atom. The van der Waals surface area contributed by atoms with Gasteiger partial charge in [0, 0.05) is 29.6 Å². The van der Waals surface area contributed by atoms with Crippen LogP contribution in [0, 0.1) is 22.2 Å². The molecule has 3 fully saturated rings. The smallest absolute Gasteiger partial charge is 0.408 e. The third-order valence-corrected chi connectivity index (χ3v) is 12.7. The Kier molecular flexibility index (Phi) is 10.4. The van der Waals surface area contributed by atoms with Gasteiger partial charge < -0.3 is 44.7 Å². The molecule has 0 aromatic heterocycles. The van der Waals surface area contributed by atoms with Crippen LogP contribution < -0.4 is 5.32 Å². The number of esters is 2. The lowest BCUT2D eigenvalue weighted by molar-refractivity contribution is -0.313. The molecule has 1 amide bonds. The van der Waals surface area contributed by atoms with Crippen molar-refractivity contribution in [2.24, 2.45) is 22.2 Å². The molecule has 0 spiro atoms. The number of fused-ring (bicyclic) bond motifs is 5. The molecule has 6 rings (SSSR count). The Bertz CT molecular complexity index is 1860. The van der Waals surface area contributed by atoms with E-state index in [0.717, 1.165) is 0 Å². The summed E-state index contributed by atoms with van der Waals surface area (Å²) in [5.74, 6) is -3.78. The first kappa shape index (κ1) is 40.5. The van der Waals surface area contributed by atoms with Crippen molar-refractivity contribution in [2.45, 2.75) is 122 Å². The standard InChI is InChI=1S/C42H53NO12/c1-22-25(53-36(49)31(46)29(23-15-11-9-12-16-23)43-37(50)55-38(2,3)4)20-42(51)34(54-35(48)24-17-13-10-14-18-24)32-40(7)21-52-27(40)19-26(44)41(32,8)33(47)30(45)28(22)39(42,5)6/h9-18,25-27,29-32,34,44-46,51H,19-21H2,1-8H3,(H,43,50)/t25-,26-,27+,29+,30+,31+,32+,34-,40+,41+,42+/m0/s1. The fourth-order valence-electron chi connectivity index (χ4n) is 9.57. The minimum absolute atomic E-state index is 0.0369. The van der Waals surface area contributed by atoms with E-state index >= 15 is 0 Å². The van der Waals surface area contributed by atoms with Crippen molar-refractivity contribution in [1.29, 1.82) is 0 Å². The molecule has 2 saturated carbocycles. The minimum Gasteiger partial charge on any atom is -0.456 e. The predicted octanol–water partition coefficient (Wildman–Crippen LogP) is 3.96. The molecule has 1 aliphatic heterocycles. The van der Waals surface area contributed by atoms with Crippen molar-refractivity contribution in [3.63, 3.8) is 0 Å². The highest BCUT2D eigenvalue weighted by atomic mass is 16.6. The van der Waals surface area contributed by atoms with E-state index < -0.39 is 99.8 Å². The van der Waals surface area contributed by atoms with Gasteiger partial charge in [-0.2, -0.15) is 0 Å². The average molecular weight is 764 g/mol. The van der Waals surface area contributed by atoms with E-state index in [1.807, 2.05) is 6.92 Å². The van der Waals surface area contributed by atoms with Crippen LogP contribution >= 0.6 is 0 Å². The van der Waals surface area contributed by atoms with Crippen molar-refractivity contribution >= 4 is 23.8 Å². The van der Waals surface area contributed by atoms with Gasteiger partial charge in [-0.1, -0.05) is 69.3 Å². The van der Waals surface area contributed by atoms with Gasteiger partial charge in [0.15, 0.2) is 11.9 Å². The van der Waals surface area contributed by atoms with Crippen LogP contribution in [-0.4, -0.2) is 98.7 Å². The third kappa shape index (κ3) is 6.67. The summed E-state index contributed by atoms with van der Waals surface area (Å²) in [6, 6.07) is 15.1. The van der Waals surface area contributed by atoms with Crippen LogP contribution in [0.5, 0.6) is 0 Å². The van der Waals surface area contributed by atoms with Crippen molar-refractivity contribution in [2.75, 3.05) is 6.61 Å². The van der Waals surface area contributed by atoms with Gasteiger partial charge in [0.2, 0.25) is 0 Å². The fourth-order valence-corrected chi connectivity index (χ4v) is 9.57. The zero-order valence-corrected chi connectivity index (χ0v) is 32.6. The summed E-state index contributed by atoms with van der Waals surface area (Å²) in [5, 5.41) is 51.3. The van der Waals surface area contributed by atoms with E-state index in [-0.39, 0.29) is 36.2 Å². The molecule has 298 valence electrons. The Balaban J connectivity index is 1.45. The number of amides is 1. The van der Waals surface area contributed by atoms with Crippen LogP contribution in [0.3, 0.4) is 0 Å². The van der Waals surface area contributed by atoms with Crippen LogP contribution in [0.1, 0.15) is 90.2 Å². The predicted molar refractivity (Wildman–Crippen MR) is 197 cm³/mol. The molecule has 0 radical (unpaired) electrons. The van der Waals surface area contributed by atoms with Crippen molar-refractivity contribution in [1.82, 2.24) is 5.32 Å². The molecule has 1 heterocycles. The molecular weight excluding hydrogens is 710 g/mol. The number of aliphatic hydroxyl groups excluding tert-OH is 3. The van der Waals surface area contributed by atoms with Crippen molar-refractivity contribution in [3.8, 4) is 0 Å². The first-order valence-electron chi connectivity index (χ1n) is 18.7. The molecule has 0 unspecified atom stereocenters. The number of aliphatic hydroxyl groups is 4. The number of benzene rings is 2. The van der Waals surface area contributed by atoms with Gasteiger partial charge in [-0.25, -0.2) is 14.4 Å². The number of carbonyl (C=O) groups excluding carboxylic acids is 4. The molecule has 11 atom stereocenters. The Labute approximate surface area is 321 Å². The highest BCUT2D eigenvalue weighted by molar-refractivity contribution is 5.94. The lowest BCUT2D eigenvalue weighted by atomic mass is 9.42. The van der Waals surface area contributed by atoms with Gasteiger partial charge in [0.05, 0.1) is 35.8 Å². The second kappa shape index (κ2) is 14.1. The Hall–Kier alpha value is -4.14. The SMILES string of the molecule is CC1=C2[C@@H](O)C(=O)[C@@]3(C)[C@H]([C@H](OC(=O)c4ccccc4)[C@](O)(C[C@@H]1OC(=O)[C@H](O)[C@H](NC(=O)OC(C)(C)C)c1ccccc1)C2(C)C)[C@]1(C)CO[C@@H]1C[C@@H]3O. The Morgan fingerprint density at radius 1 is 0.945 bits per heavy atom. The van der Waals surface area contributed by atoms with Crippen LogP contribution in [-0.2, 0) is 28.5 Å². The molecule has 4 aliphatic rings. The number of carbonyl (C=O) groups is 4. The third-order valence-electron chi connectivity index (χ3n) is 12.7. The number of Topliss-reactive ketones (excluding diaryl/α,β-unsaturated/α-hetero) is 1. The zero-order valence-electron chi connectivity index (χ0n) is 32.6. The molecule has 13 nitrogen and oxygen atoms in total. The maximum Gasteiger partial charge on any atom is 0.408 e. The first-order valence-corrected chi connectivity index (χ1v) is 18.7. The highest BCUT2D eigenvalue weighted by Crippen LogP contribution is 2.65. The molecule has 2 bridgehead atoms. The molecule has 55 heavy (non-hydrogen) atoms. The van der Waals surface area contributed by atoms with Gasteiger partial charge in [-0.15, -0.1) is 0 Å². The summed E-state index contributed by atoms with van der Waals surface area (Å²) >= 11 is 0. The average Bonchev–Trinajstić information content (AvgIpc) is 3.12. The second-order valence-electron chi connectivity index (χ2n) is 17.5. The number of rotatable bonds is 7. The summed E-state index contributed by atoms with van der Waals surface area (Å²) in [6.07, 6.45) is -9.80. The monoisotopic (exact) mass is 763 g/mol. The van der Waals surface area contributed by atoms with Gasteiger partial charge in [0.1, 0.15) is 29.5 Å². The van der Waals surface area contributed by atoms with E-state index in [1.54, 1.807) is 109 Å². The van der Waals surface area contributed by atoms with E-state index in [0.29, 0.717) is 5.56 Å². The number of ketones is 1.